The minimum atomic E-state index is -0.973. The van der Waals surface area contributed by atoms with Gasteiger partial charge in [0, 0.05) is 5.92 Å². The van der Waals surface area contributed by atoms with E-state index < -0.39 is 11.5 Å². The number of amides is 1. The van der Waals surface area contributed by atoms with Crippen LogP contribution in [0, 0.1) is 11.8 Å². The first-order chi connectivity index (χ1) is 8.05. The fourth-order valence-electron chi connectivity index (χ4n) is 3.23. The van der Waals surface area contributed by atoms with E-state index in [0.29, 0.717) is 18.8 Å². The zero-order chi connectivity index (χ0) is 12.5. The van der Waals surface area contributed by atoms with Gasteiger partial charge in [0.2, 0.25) is 5.91 Å². The molecule has 0 aromatic rings. The van der Waals surface area contributed by atoms with Crippen LogP contribution in [0.3, 0.4) is 0 Å². The molecule has 2 unspecified atom stereocenters. The molecule has 2 N–H and O–H groups in total. The third kappa shape index (κ3) is 2.31. The van der Waals surface area contributed by atoms with Crippen LogP contribution in [0.15, 0.2) is 0 Å². The number of aliphatic carboxylic acids is 1. The second-order valence-corrected chi connectivity index (χ2v) is 5.60. The molecule has 2 fully saturated rings. The maximum Gasteiger partial charge on any atom is 0.329 e. The summed E-state index contributed by atoms with van der Waals surface area (Å²) in [4.78, 5) is 23.5. The van der Waals surface area contributed by atoms with E-state index in [1.165, 1.54) is 0 Å². The number of rotatable bonds is 3. The maximum absolute atomic E-state index is 12.1. The van der Waals surface area contributed by atoms with Crippen LogP contribution in [0.1, 0.15) is 51.9 Å². The van der Waals surface area contributed by atoms with Crippen LogP contribution in [0.4, 0.5) is 0 Å². The Morgan fingerprint density at radius 3 is 2.29 bits per heavy atom. The summed E-state index contributed by atoms with van der Waals surface area (Å²) < 4.78 is 0. The lowest BCUT2D eigenvalue weighted by molar-refractivity contribution is -0.148. The molecule has 1 amide bonds. The minimum Gasteiger partial charge on any atom is -0.480 e. The van der Waals surface area contributed by atoms with Crippen molar-refractivity contribution < 1.29 is 14.7 Å². The fourth-order valence-corrected chi connectivity index (χ4v) is 3.23. The minimum absolute atomic E-state index is 0.0202. The highest BCUT2D eigenvalue weighted by molar-refractivity contribution is 5.88. The highest BCUT2D eigenvalue weighted by Gasteiger charge is 2.44. The van der Waals surface area contributed by atoms with Crippen molar-refractivity contribution in [3.05, 3.63) is 0 Å². The molecule has 0 spiro atoms. The number of hydrogen-bond donors (Lipinski definition) is 2. The summed E-state index contributed by atoms with van der Waals surface area (Å²) >= 11 is 0. The van der Waals surface area contributed by atoms with Gasteiger partial charge < -0.3 is 10.4 Å². The van der Waals surface area contributed by atoms with Crippen LogP contribution >= 0.6 is 0 Å². The predicted molar refractivity (Wildman–Crippen MR) is 63.5 cm³/mol. The third-order valence-corrected chi connectivity index (χ3v) is 4.43. The smallest absolute Gasteiger partial charge is 0.329 e. The molecular weight excluding hydrogens is 218 g/mol. The molecule has 96 valence electrons. The van der Waals surface area contributed by atoms with Gasteiger partial charge in [0.05, 0.1) is 0 Å². The summed E-state index contributed by atoms with van der Waals surface area (Å²) in [6.07, 6.45) is 6.02. The molecule has 17 heavy (non-hydrogen) atoms. The fraction of sp³-hybridized carbons (Fsp3) is 0.846. The standard InChI is InChI=1S/C13H21NO3/c1-9-5-4-6-10(9)11(15)14-13(12(16)17)7-2-3-8-13/h9-10H,2-8H2,1H3,(H,14,15)(H,16,17). The van der Waals surface area contributed by atoms with E-state index in [4.69, 9.17) is 0 Å². The molecule has 2 aliphatic rings. The van der Waals surface area contributed by atoms with Gasteiger partial charge >= 0.3 is 5.97 Å². The lowest BCUT2D eigenvalue weighted by atomic mass is 9.93. The van der Waals surface area contributed by atoms with E-state index in [1.807, 2.05) is 0 Å². The van der Waals surface area contributed by atoms with Crippen molar-refractivity contribution in [2.24, 2.45) is 11.8 Å². The van der Waals surface area contributed by atoms with Crippen LogP contribution in [0.5, 0.6) is 0 Å². The summed E-state index contributed by atoms with van der Waals surface area (Å²) in [5.74, 6) is -0.498. The van der Waals surface area contributed by atoms with Gasteiger partial charge in [0.1, 0.15) is 5.54 Å². The first kappa shape index (κ1) is 12.4. The Labute approximate surface area is 102 Å². The molecule has 2 aliphatic carbocycles. The van der Waals surface area contributed by atoms with E-state index in [1.54, 1.807) is 0 Å². The van der Waals surface area contributed by atoms with Gasteiger partial charge in [-0.3, -0.25) is 4.79 Å². The van der Waals surface area contributed by atoms with Crippen LogP contribution in [-0.2, 0) is 9.59 Å². The summed E-state index contributed by atoms with van der Waals surface area (Å²) in [6.45, 7) is 2.08. The molecule has 2 rings (SSSR count). The van der Waals surface area contributed by atoms with E-state index >= 15 is 0 Å². The number of nitrogens with one attached hydrogen (secondary N) is 1. The lowest BCUT2D eigenvalue weighted by Gasteiger charge is -2.28. The molecule has 4 nitrogen and oxygen atoms in total. The molecule has 0 aromatic heterocycles. The first-order valence-electron chi connectivity index (χ1n) is 6.60. The van der Waals surface area contributed by atoms with Crippen molar-refractivity contribution in [2.75, 3.05) is 0 Å². The van der Waals surface area contributed by atoms with Crippen molar-refractivity contribution in [3.63, 3.8) is 0 Å². The number of carboxylic acid groups (broad SMARTS) is 1. The summed E-state index contributed by atoms with van der Waals surface area (Å²) in [6, 6.07) is 0. The van der Waals surface area contributed by atoms with E-state index in [-0.39, 0.29) is 11.8 Å². The Hall–Kier alpha value is -1.06. The Kier molecular flexibility index (Phi) is 3.40. The highest BCUT2D eigenvalue weighted by Crippen LogP contribution is 2.34. The Balaban J connectivity index is 2.03. The SMILES string of the molecule is CC1CCCC1C(=O)NC1(C(=O)O)CCCC1. The van der Waals surface area contributed by atoms with Gasteiger partial charge in [-0.2, -0.15) is 0 Å². The molecule has 0 aliphatic heterocycles. The normalized spacial score (nSPS) is 31.4. The maximum atomic E-state index is 12.1. The van der Waals surface area contributed by atoms with Gasteiger partial charge in [0.25, 0.3) is 0 Å². The van der Waals surface area contributed by atoms with Crippen molar-refractivity contribution in [2.45, 2.75) is 57.4 Å². The average molecular weight is 239 g/mol. The zero-order valence-corrected chi connectivity index (χ0v) is 10.4. The average Bonchev–Trinajstić information content (AvgIpc) is 2.87. The Bertz CT molecular complexity index is 321. The molecule has 2 atom stereocenters. The van der Waals surface area contributed by atoms with Crippen LogP contribution in [-0.4, -0.2) is 22.5 Å². The molecule has 4 heteroatoms. The quantitative estimate of drug-likeness (QED) is 0.791. The predicted octanol–water partition coefficient (Wildman–Crippen LogP) is 1.94. The summed E-state index contributed by atoms with van der Waals surface area (Å²) in [5, 5.41) is 12.1. The molecule has 0 heterocycles. The van der Waals surface area contributed by atoms with E-state index in [2.05, 4.69) is 12.2 Å². The van der Waals surface area contributed by atoms with Gasteiger partial charge in [-0.15, -0.1) is 0 Å². The number of carbonyl (C=O) groups excluding carboxylic acids is 1. The van der Waals surface area contributed by atoms with Crippen molar-refractivity contribution in [1.82, 2.24) is 5.32 Å². The molecule has 2 saturated carbocycles. The molecular formula is C13H21NO3. The largest absolute Gasteiger partial charge is 0.480 e. The molecule has 0 radical (unpaired) electrons. The van der Waals surface area contributed by atoms with Crippen LogP contribution < -0.4 is 5.32 Å². The second-order valence-electron chi connectivity index (χ2n) is 5.60. The van der Waals surface area contributed by atoms with E-state index in [9.17, 15) is 14.7 Å². The van der Waals surface area contributed by atoms with Crippen LogP contribution in [0.2, 0.25) is 0 Å². The zero-order valence-electron chi connectivity index (χ0n) is 10.4. The first-order valence-corrected chi connectivity index (χ1v) is 6.60. The van der Waals surface area contributed by atoms with Crippen molar-refractivity contribution in [1.29, 1.82) is 0 Å². The highest BCUT2D eigenvalue weighted by atomic mass is 16.4. The van der Waals surface area contributed by atoms with E-state index in [0.717, 1.165) is 32.1 Å². The van der Waals surface area contributed by atoms with Gasteiger partial charge in [-0.1, -0.05) is 26.2 Å². The number of hydrogen-bond acceptors (Lipinski definition) is 2. The molecule has 0 bridgehead atoms. The van der Waals surface area contributed by atoms with Gasteiger partial charge in [-0.05, 0) is 31.6 Å². The monoisotopic (exact) mass is 239 g/mol. The molecule has 0 saturated heterocycles. The van der Waals surface area contributed by atoms with Crippen molar-refractivity contribution >= 4 is 11.9 Å². The topological polar surface area (TPSA) is 66.4 Å². The lowest BCUT2D eigenvalue weighted by Crippen LogP contribution is -2.54. The van der Waals surface area contributed by atoms with Crippen LogP contribution in [0.25, 0.3) is 0 Å². The summed E-state index contributed by atoms with van der Waals surface area (Å²) in [7, 11) is 0. The molecule has 0 aromatic carbocycles. The van der Waals surface area contributed by atoms with Gasteiger partial charge in [-0.25, -0.2) is 4.79 Å². The number of carboxylic acids is 1. The Morgan fingerprint density at radius 2 is 1.82 bits per heavy atom. The second kappa shape index (κ2) is 4.67. The third-order valence-electron chi connectivity index (χ3n) is 4.43. The Morgan fingerprint density at radius 1 is 1.18 bits per heavy atom. The van der Waals surface area contributed by atoms with Gasteiger partial charge in [0.15, 0.2) is 0 Å². The number of carbonyl (C=O) groups is 2. The summed E-state index contributed by atoms with van der Waals surface area (Å²) in [5.41, 5.74) is -0.973. The van der Waals surface area contributed by atoms with Crippen molar-refractivity contribution in [3.8, 4) is 0 Å².